The van der Waals surface area contributed by atoms with Crippen LogP contribution in [-0.2, 0) is 13.8 Å². The molecular weight excluding hydrogens is 275 g/mol. The van der Waals surface area contributed by atoms with E-state index in [-0.39, 0.29) is 6.23 Å². The number of methoxy groups -OCH3 is 1. The number of alkyl halides is 1. The number of nitrogens with zero attached hydrogens (tertiary/aromatic N) is 1. The molecule has 1 fully saturated rings. The van der Waals surface area contributed by atoms with Gasteiger partial charge in [0.15, 0.2) is 0 Å². The molecule has 5 nitrogen and oxygen atoms in total. The van der Waals surface area contributed by atoms with Gasteiger partial charge in [-0.2, -0.15) is 4.67 Å². The zero-order valence-electron chi connectivity index (χ0n) is 11.8. The summed E-state index contributed by atoms with van der Waals surface area (Å²) in [5.41, 5.74) is 0. The van der Waals surface area contributed by atoms with Crippen LogP contribution < -0.4 is 5.09 Å². The Kier molecular flexibility index (Phi) is 10.4. The number of ether oxygens (including phenoxy) is 1. The van der Waals surface area contributed by atoms with Gasteiger partial charge in [0.05, 0.1) is 6.61 Å². The first-order valence-corrected chi connectivity index (χ1v) is 8.64. The molecule has 0 aromatic heterocycles. The van der Waals surface area contributed by atoms with Gasteiger partial charge in [0.1, 0.15) is 6.23 Å². The molecule has 1 N–H and O–H groups in total. The van der Waals surface area contributed by atoms with Crippen LogP contribution in [0.4, 0.5) is 0 Å². The molecule has 1 heterocycles. The van der Waals surface area contributed by atoms with E-state index in [9.17, 15) is 4.57 Å². The summed E-state index contributed by atoms with van der Waals surface area (Å²) < 4.78 is 24.9. The van der Waals surface area contributed by atoms with Crippen LogP contribution in [0.2, 0.25) is 0 Å². The minimum absolute atomic E-state index is 0.178. The molecule has 2 atom stereocenters. The Bertz CT molecular complexity index is 256. The topological polar surface area (TPSA) is 50.8 Å². The first-order valence-electron chi connectivity index (χ1n) is 6.53. The van der Waals surface area contributed by atoms with Crippen LogP contribution in [-0.4, -0.2) is 43.6 Å². The average Bonchev–Trinajstić information content (AvgIpc) is 2.41. The zero-order chi connectivity index (χ0) is 14.0. The van der Waals surface area contributed by atoms with Crippen molar-refractivity contribution < 1.29 is 13.8 Å². The van der Waals surface area contributed by atoms with E-state index < -0.39 is 7.67 Å². The summed E-state index contributed by atoms with van der Waals surface area (Å²) in [7, 11) is -1.34. The van der Waals surface area contributed by atoms with Crippen molar-refractivity contribution in [1.82, 2.24) is 9.76 Å². The van der Waals surface area contributed by atoms with Gasteiger partial charge in [0, 0.05) is 32.5 Å². The summed E-state index contributed by atoms with van der Waals surface area (Å²) in [5, 5.41) is 2.97. The minimum atomic E-state index is -2.96. The molecule has 2 unspecified atom stereocenters. The summed E-state index contributed by atoms with van der Waals surface area (Å²) in [4.78, 5) is 0. The normalized spacial score (nSPS) is 28.6. The quantitative estimate of drug-likeness (QED) is 0.603. The third-order valence-electron chi connectivity index (χ3n) is 2.45. The van der Waals surface area contributed by atoms with Crippen LogP contribution in [0.1, 0.15) is 33.6 Å². The molecule has 7 heteroatoms. The summed E-state index contributed by atoms with van der Waals surface area (Å²) in [6.45, 7) is 7.62. The van der Waals surface area contributed by atoms with Crippen LogP contribution in [0.3, 0.4) is 0 Å². The molecule has 0 saturated carbocycles. The molecule has 0 amide bonds. The molecule has 1 saturated heterocycles. The Morgan fingerprint density at radius 3 is 2.72 bits per heavy atom. The van der Waals surface area contributed by atoms with Gasteiger partial charge in [0.2, 0.25) is 0 Å². The molecule has 0 aromatic rings. The number of hydrogen-bond donors (Lipinski definition) is 1. The first kappa shape index (κ1) is 18.4. The maximum atomic E-state index is 12.5. The average molecular weight is 301 g/mol. The molecular formula is C11H26ClN2O3P. The lowest BCUT2D eigenvalue weighted by Gasteiger charge is -2.39. The lowest BCUT2D eigenvalue weighted by Crippen LogP contribution is -2.44. The van der Waals surface area contributed by atoms with Crippen molar-refractivity contribution in [1.29, 1.82) is 0 Å². The molecule has 0 aliphatic carbocycles. The van der Waals surface area contributed by atoms with Crippen LogP contribution in [0, 0.1) is 0 Å². The highest BCUT2D eigenvalue weighted by molar-refractivity contribution is 7.54. The van der Waals surface area contributed by atoms with Crippen LogP contribution >= 0.6 is 19.3 Å². The molecule has 0 spiro atoms. The van der Waals surface area contributed by atoms with Gasteiger partial charge >= 0.3 is 7.67 Å². The van der Waals surface area contributed by atoms with Gasteiger partial charge in [-0.25, -0.2) is 5.09 Å². The Balaban J connectivity index is 0.00000137. The lowest BCUT2D eigenvalue weighted by molar-refractivity contribution is -0.0268. The highest BCUT2D eigenvalue weighted by atomic mass is 35.5. The zero-order valence-corrected chi connectivity index (χ0v) is 13.5. The summed E-state index contributed by atoms with van der Waals surface area (Å²) in [6, 6.07) is 0. The number of halogens is 1. The predicted molar refractivity (Wildman–Crippen MR) is 76.0 cm³/mol. The van der Waals surface area contributed by atoms with E-state index in [0.717, 1.165) is 6.42 Å². The monoisotopic (exact) mass is 300 g/mol. The fraction of sp³-hybridized carbons (Fsp3) is 1.00. The fourth-order valence-electron chi connectivity index (χ4n) is 1.66. The maximum Gasteiger partial charge on any atom is 0.345 e. The van der Waals surface area contributed by atoms with Gasteiger partial charge in [-0.3, -0.25) is 4.57 Å². The van der Waals surface area contributed by atoms with E-state index in [0.29, 0.717) is 32.0 Å². The Hall–Kier alpha value is 0.360. The van der Waals surface area contributed by atoms with E-state index in [1.165, 1.54) is 0 Å². The van der Waals surface area contributed by atoms with Crippen molar-refractivity contribution in [2.75, 3.05) is 32.7 Å². The third kappa shape index (κ3) is 5.16. The standard InChI is InChI=1S/C9H20ClN2O3P.C2H6/c1-3-6-11-16(13)12(7-5-10)9(14-2)4-8-15-16;1-2/h9H,3-8H2,1-2H3,(H,11,13);1-2H3. The minimum Gasteiger partial charge on any atom is -0.366 e. The molecule has 1 aliphatic heterocycles. The lowest BCUT2D eigenvalue weighted by atomic mass is 10.4. The highest BCUT2D eigenvalue weighted by Crippen LogP contribution is 2.51. The third-order valence-corrected chi connectivity index (χ3v) is 4.91. The molecule has 18 heavy (non-hydrogen) atoms. The van der Waals surface area contributed by atoms with Gasteiger partial charge in [-0.1, -0.05) is 20.8 Å². The van der Waals surface area contributed by atoms with E-state index in [2.05, 4.69) is 5.09 Å². The summed E-state index contributed by atoms with van der Waals surface area (Å²) >= 11 is 5.72. The molecule has 110 valence electrons. The fourth-order valence-corrected chi connectivity index (χ4v) is 4.15. The SMILES string of the molecule is CC.CCCNP1(=O)OCCC(OC)N1CCCl. The molecule has 1 rings (SSSR count). The van der Waals surface area contributed by atoms with Crippen molar-refractivity contribution in [2.45, 2.75) is 39.8 Å². The number of nitrogens with one attached hydrogen (secondary N) is 1. The van der Waals surface area contributed by atoms with Crippen molar-refractivity contribution in [3.05, 3.63) is 0 Å². The first-order chi connectivity index (χ1) is 8.68. The maximum absolute atomic E-state index is 12.5. The van der Waals surface area contributed by atoms with E-state index in [4.69, 9.17) is 20.9 Å². The van der Waals surface area contributed by atoms with Crippen LogP contribution in [0.15, 0.2) is 0 Å². The molecule has 0 aromatic carbocycles. The van der Waals surface area contributed by atoms with Gasteiger partial charge in [-0.15, -0.1) is 11.6 Å². The predicted octanol–water partition coefficient (Wildman–Crippen LogP) is 3.05. The smallest absolute Gasteiger partial charge is 0.345 e. The van der Waals surface area contributed by atoms with Gasteiger partial charge in [-0.05, 0) is 6.42 Å². The highest BCUT2D eigenvalue weighted by Gasteiger charge is 2.40. The van der Waals surface area contributed by atoms with E-state index in [1.54, 1.807) is 11.8 Å². The summed E-state index contributed by atoms with van der Waals surface area (Å²) in [5.74, 6) is 0.404. The number of hydrogen-bond acceptors (Lipinski definition) is 3. The van der Waals surface area contributed by atoms with Gasteiger partial charge < -0.3 is 9.26 Å². The van der Waals surface area contributed by atoms with Crippen LogP contribution in [0.25, 0.3) is 0 Å². The summed E-state index contributed by atoms with van der Waals surface area (Å²) in [6.07, 6.45) is 1.44. The Morgan fingerprint density at radius 1 is 1.56 bits per heavy atom. The Labute approximate surface area is 116 Å². The van der Waals surface area contributed by atoms with Crippen molar-refractivity contribution in [2.24, 2.45) is 0 Å². The van der Waals surface area contributed by atoms with Crippen molar-refractivity contribution in [3.8, 4) is 0 Å². The number of rotatable bonds is 6. The van der Waals surface area contributed by atoms with E-state index in [1.807, 2.05) is 20.8 Å². The second kappa shape index (κ2) is 10.2. The van der Waals surface area contributed by atoms with Crippen molar-refractivity contribution >= 4 is 19.3 Å². The van der Waals surface area contributed by atoms with Gasteiger partial charge in [0.25, 0.3) is 0 Å². The molecule has 0 radical (unpaired) electrons. The second-order valence-electron chi connectivity index (χ2n) is 3.59. The largest absolute Gasteiger partial charge is 0.366 e. The van der Waals surface area contributed by atoms with Crippen molar-refractivity contribution in [3.63, 3.8) is 0 Å². The Morgan fingerprint density at radius 2 is 2.22 bits per heavy atom. The second-order valence-corrected chi connectivity index (χ2v) is 6.10. The van der Waals surface area contributed by atoms with E-state index >= 15 is 0 Å². The van der Waals surface area contributed by atoms with Crippen LogP contribution in [0.5, 0.6) is 0 Å². The molecule has 1 aliphatic rings. The molecule has 0 bridgehead atoms.